The molecule has 0 saturated carbocycles. The number of carbonyl (C=O) groups excluding carboxylic acids is 2. The molecule has 0 atom stereocenters. The zero-order valence-electron chi connectivity index (χ0n) is 17.7. The molecule has 0 amide bonds. The van der Waals surface area contributed by atoms with Crippen LogP contribution in [0.25, 0.3) is 32.9 Å². The summed E-state index contributed by atoms with van der Waals surface area (Å²) in [7, 11) is 2.63. The van der Waals surface area contributed by atoms with E-state index in [1.54, 1.807) is 18.2 Å². The van der Waals surface area contributed by atoms with Crippen LogP contribution in [0.15, 0.2) is 54.6 Å². The highest BCUT2D eigenvalue weighted by Crippen LogP contribution is 2.33. The van der Waals surface area contributed by atoms with Gasteiger partial charge in [-0.3, -0.25) is 0 Å². The van der Waals surface area contributed by atoms with Gasteiger partial charge in [-0.15, -0.1) is 0 Å². The number of nitrogens with zero attached hydrogens (tertiary/aromatic N) is 2. The average molecular weight is 493 g/mol. The molecule has 2 aromatic heterocycles. The molecule has 4 aromatic rings. The van der Waals surface area contributed by atoms with Crippen molar-refractivity contribution in [3.63, 3.8) is 0 Å². The standard InChI is InChI=1S/C25H21BrN2O4/c1-31-24(29)20-12-10-17-9-11-18-19(16-7-5-15(6-8-16)4-3-13-26)14-21(25(30)32-2)28-23(18)22(17)27-20/h5-12,14H,3-4,13H2,1-2H3. The number of pyridine rings is 2. The minimum atomic E-state index is -0.539. The van der Waals surface area contributed by atoms with Crippen LogP contribution in [0.2, 0.25) is 0 Å². The van der Waals surface area contributed by atoms with Crippen molar-refractivity contribution in [1.29, 1.82) is 0 Å². The molecule has 2 heterocycles. The number of esters is 2. The van der Waals surface area contributed by atoms with Gasteiger partial charge in [0.05, 0.1) is 25.3 Å². The van der Waals surface area contributed by atoms with Crippen LogP contribution in [0.1, 0.15) is 33.0 Å². The summed E-state index contributed by atoms with van der Waals surface area (Å²) in [5, 5.41) is 2.59. The van der Waals surface area contributed by atoms with Crippen molar-refractivity contribution in [3.05, 3.63) is 71.5 Å². The van der Waals surface area contributed by atoms with Crippen LogP contribution in [0.4, 0.5) is 0 Å². The Balaban J connectivity index is 1.96. The molecule has 0 spiro atoms. The van der Waals surface area contributed by atoms with Gasteiger partial charge >= 0.3 is 11.9 Å². The van der Waals surface area contributed by atoms with Crippen molar-refractivity contribution < 1.29 is 19.1 Å². The number of alkyl halides is 1. The smallest absolute Gasteiger partial charge is 0.356 e. The third-order valence-electron chi connectivity index (χ3n) is 5.29. The van der Waals surface area contributed by atoms with Crippen LogP contribution >= 0.6 is 15.9 Å². The van der Waals surface area contributed by atoms with Gasteiger partial charge < -0.3 is 9.47 Å². The van der Waals surface area contributed by atoms with Gasteiger partial charge in [0.25, 0.3) is 0 Å². The summed E-state index contributed by atoms with van der Waals surface area (Å²) in [6, 6.07) is 17.3. The normalized spacial score (nSPS) is 11.0. The van der Waals surface area contributed by atoms with Gasteiger partial charge in [0.15, 0.2) is 0 Å². The highest BCUT2D eigenvalue weighted by atomic mass is 79.9. The lowest BCUT2D eigenvalue weighted by Gasteiger charge is -2.12. The third-order valence-corrected chi connectivity index (χ3v) is 5.85. The molecule has 0 aliphatic rings. The third kappa shape index (κ3) is 4.21. The minimum absolute atomic E-state index is 0.176. The van der Waals surface area contributed by atoms with Crippen molar-refractivity contribution in [2.45, 2.75) is 12.8 Å². The molecule has 4 rings (SSSR count). The van der Waals surface area contributed by atoms with Crippen molar-refractivity contribution >= 4 is 49.7 Å². The number of hydrogen-bond donors (Lipinski definition) is 0. The first-order valence-corrected chi connectivity index (χ1v) is 11.2. The van der Waals surface area contributed by atoms with Gasteiger partial charge in [-0.1, -0.05) is 58.4 Å². The lowest BCUT2D eigenvalue weighted by atomic mass is 9.97. The van der Waals surface area contributed by atoms with Crippen molar-refractivity contribution in [1.82, 2.24) is 9.97 Å². The second-order valence-corrected chi connectivity index (χ2v) is 8.05. The van der Waals surface area contributed by atoms with E-state index >= 15 is 0 Å². The van der Waals surface area contributed by atoms with Crippen molar-refractivity contribution in [3.8, 4) is 11.1 Å². The van der Waals surface area contributed by atoms with Gasteiger partial charge in [0, 0.05) is 16.1 Å². The summed E-state index contributed by atoms with van der Waals surface area (Å²) in [5.41, 5.74) is 4.44. The molecule has 0 aliphatic heterocycles. The number of carbonyl (C=O) groups is 2. The fourth-order valence-electron chi connectivity index (χ4n) is 3.66. The molecule has 0 N–H and O–H groups in total. The van der Waals surface area contributed by atoms with E-state index in [1.807, 2.05) is 24.3 Å². The van der Waals surface area contributed by atoms with E-state index in [2.05, 4.69) is 38.0 Å². The largest absolute Gasteiger partial charge is 0.464 e. The molecule has 0 fully saturated rings. The predicted octanol–water partition coefficient (Wildman–Crippen LogP) is 5.35. The van der Waals surface area contributed by atoms with Crippen LogP contribution in [-0.2, 0) is 15.9 Å². The first-order valence-electron chi connectivity index (χ1n) is 10.1. The molecule has 0 radical (unpaired) electrons. The quantitative estimate of drug-likeness (QED) is 0.205. The SMILES string of the molecule is COC(=O)c1ccc2ccc3c(-c4ccc(CCCBr)cc4)cc(C(=O)OC)nc3c2n1. The molecule has 0 bridgehead atoms. The van der Waals surface area contributed by atoms with Gasteiger partial charge in [0.2, 0.25) is 0 Å². The van der Waals surface area contributed by atoms with Gasteiger partial charge in [-0.05, 0) is 41.7 Å². The van der Waals surface area contributed by atoms with Crippen molar-refractivity contribution in [2.24, 2.45) is 0 Å². The maximum atomic E-state index is 12.4. The molecule has 0 saturated heterocycles. The fraction of sp³-hybridized carbons (Fsp3) is 0.200. The van der Waals surface area contributed by atoms with Crippen LogP contribution in [0, 0.1) is 0 Å². The van der Waals surface area contributed by atoms with Gasteiger partial charge in [-0.25, -0.2) is 19.6 Å². The lowest BCUT2D eigenvalue weighted by molar-refractivity contribution is 0.0585. The van der Waals surface area contributed by atoms with E-state index in [0.29, 0.717) is 11.0 Å². The van der Waals surface area contributed by atoms with E-state index in [0.717, 1.165) is 40.1 Å². The van der Waals surface area contributed by atoms with Gasteiger partial charge in [0.1, 0.15) is 11.4 Å². The van der Waals surface area contributed by atoms with E-state index in [-0.39, 0.29) is 11.4 Å². The van der Waals surface area contributed by atoms with E-state index in [4.69, 9.17) is 9.47 Å². The summed E-state index contributed by atoms with van der Waals surface area (Å²) in [6.07, 6.45) is 2.05. The Bertz CT molecular complexity index is 1320. The van der Waals surface area contributed by atoms with Crippen LogP contribution in [0.5, 0.6) is 0 Å². The Morgan fingerprint density at radius 1 is 0.844 bits per heavy atom. The van der Waals surface area contributed by atoms with Crippen LogP contribution in [-0.4, -0.2) is 41.5 Å². The Hall–Kier alpha value is -3.32. The van der Waals surface area contributed by atoms with Crippen molar-refractivity contribution in [2.75, 3.05) is 19.5 Å². The highest BCUT2D eigenvalue weighted by molar-refractivity contribution is 9.09. The highest BCUT2D eigenvalue weighted by Gasteiger charge is 2.17. The maximum absolute atomic E-state index is 12.4. The second-order valence-electron chi connectivity index (χ2n) is 7.26. The number of ether oxygens (including phenoxy) is 2. The molecule has 0 aliphatic carbocycles. The summed E-state index contributed by atoms with van der Waals surface area (Å²) < 4.78 is 9.74. The first-order chi connectivity index (χ1) is 15.5. The van der Waals surface area contributed by atoms with Gasteiger partial charge in [-0.2, -0.15) is 0 Å². The number of benzene rings is 2. The Labute approximate surface area is 193 Å². The predicted molar refractivity (Wildman–Crippen MR) is 127 cm³/mol. The summed E-state index contributed by atoms with van der Waals surface area (Å²) in [4.78, 5) is 33.5. The molecule has 2 aromatic carbocycles. The molecule has 0 unspecified atom stereocenters. The zero-order valence-corrected chi connectivity index (χ0v) is 19.3. The fourth-order valence-corrected chi connectivity index (χ4v) is 3.94. The topological polar surface area (TPSA) is 78.4 Å². The van der Waals surface area contributed by atoms with E-state index in [1.165, 1.54) is 19.8 Å². The monoisotopic (exact) mass is 492 g/mol. The summed E-state index contributed by atoms with van der Waals surface area (Å²) >= 11 is 3.47. The maximum Gasteiger partial charge on any atom is 0.356 e. The minimum Gasteiger partial charge on any atom is -0.464 e. The lowest BCUT2D eigenvalue weighted by Crippen LogP contribution is -2.07. The number of fused-ring (bicyclic) bond motifs is 3. The average Bonchev–Trinajstić information content (AvgIpc) is 2.85. The molecule has 32 heavy (non-hydrogen) atoms. The summed E-state index contributed by atoms with van der Waals surface area (Å²) in [6.45, 7) is 0. The van der Waals surface area contributed by atoms with Crippen LogP contribution < -0.4 is 0 Å². The summed E-state index contributed by atoms with van der Waals surface area (Å²) in [5.74, 6) is -1.07. The number of rotatable bonds is 6. The molecule has 6 nitrogen and oxygen atoms in total. The van der Waals surface area contributed by atoms with E-state index < -0.39 is 11.9 Å². The second kappa shape index (κ2) is 9.44. The molecule has 162 valence electrons. The molecular weight excluding hydrogens is 472 g/mol. The number of aryl methyl sites for hydroxylation is 1. The van der Waals surface area contributed by atoms with Crippen LogP contribution in [0.3, 0.4) is 0 Å². The Morgan fingerprint density at radius 2 is 1.50 bits per heavy atom. The number of methoxy groups -OCH3 is 2. The number of aromatic nitrogens is 2. The molecule has 7 heteroatoms. The Morgan fingerprint density at radius 3 is 2.19 bits per heavy atom. The number of halogens is 1. The first kappa shape index (κ1) is 21.9. The number of hydrogen-bond acceptors (Lipinski definition) is 6. The Kier molecular flexibility index (Phi) is 6.46. The zero-order chi connectivity index (χ0) is 22.7. The van der Waals surface area contributed by atoms with E-state index in [9.17, 15) is 9.59 Å². The molecular formula is C25H21BrN2O4.